The van der Waals surface area contributed by atoms with Gasteiger partial charge in [-0.05, 0) is 102 Å². The number of aliphatic hydroxyl groups is 5. The minimum Gasteiger partial charge on any atom is -0.456 e. The largest absolute Gasteiger partial charge is 0.456 e. The van der Waals surface area contributed by atoms with Crippen molar-refractivity contribution in [2.45, 2.75) is 193 Å². The second-order valence-corrected chi connectivity index (χ2v) is 20.7. The molecule has 0 aromatic rings. The maximum atomic E-state index is 14.5. The van der Waals surface area contributed by atoms with Crippen LogP contribution in [0.2, 0.25) is 0 Å². The third-order valence-electron chi connectivity index (χ3n) is 15.5. The smallest absolute Gasteiger partial charge is 0.329 e. The Hall–Kier alpha value is -2.86. The Morgan fingerprint density at radius 3 is 2.20 bits per heavy atom. The number of piperidine rings is 1. The number of ketones is 2. The summed E-state index contributed by atoms with van der Waals surface area (Å²) in [4.78, 5) is 58.9. The molecule has 0 aromatic carbocycles. The highest BCUT2D eigenvalue weighted by Gasteiger charge is 2.57. The van der Waals surface area contributed by atoms with Crippen LogP contribution in [0, 0.1) is 35.0 Å². The van der Waals surface area contributed by atoms with Crippen LogP contribution in [0.15, 0.2) is 35.5 Å². The average molecular weight is 934 g/mol. The highest BCUT2D eigenvalue weighted by molar-refractivity contribution is 6.39. The first-order valence-electron chi connectivity index (χ1n) is 24.3. The number of carbonyl (C=O) groups is 4. The lowest BCUT2D eigenvalue weighted by Gasteiger charge is -2.47. The molecule has 66 heavy (non-hydrogen) atoms. The molecule has 0 radical (unpaired) electrons. The molecule has 1 unspecified atom stereocenters. The first kappa shape index (κ1) is 55.7. The monoisotopic (exact) mass is 934 g/mol. The summed E-state index contributed by atoms with van der Waals surface area (Å²) in [5, 5.41) is 56.0. The van der Waals surface area contributed by atoms with Crippen LogP contribution < -0.4 is 0 Å². The number of hydrogen-bond acceptors (Lipinski definition) is 14. The Labute approximate surface area is 393 Å². The van der Waals surface area contributed by atoms with Crippen molar-refractivity contribution in [2.24, 2.45) is 35.0 Å². The van der Waals surface area contributed by atoms with Crippen LogP contribution in [0.5, 0.6) is 0 Å². The van der Waals surface area contributed by atoms with E-state index in [1.807, 2.05) is 26.0 Å². The van der Waals surface area contributed by atoms with E-state index in [9.17, 15) is 44.7 Å². The van der Waals surface area contributed by atoms with E-state index in [-0.39, 0.29) is 56.5 Å². The van der Waals surface area contributed by atoms with E-state index in [0.29, 0.717) is 56.9 Å². The van der Waals surface area contributed by atoms with Crippen LogP contribution in [0.1, 0.15) is 132 Å². The summed E-state index contributed by atoms with van der Waals surface area (Å²) < 4.78 is 30.1. The summed E-state index contributed by atoms with van der Waals surface area (Å²) in [6, 6.07) is -1.19. The number of carbonyl (C=O) groups excluding carboxylic acids is 4. The third kappa shape index (κ3) is 13.3. The molecule has 15 atom stereocenters. The van der Waals surface area contributed by atoms with Crippen molar-refractivity contribution >= 4 is 23.4 Å². The Morgan fingerprint density at radius 2 is 1.58 bits per heavy atom. The molecule has 3 aliphatic heterocycles. The quantitative estimate of drug-likeness (QED) is 0.103. The van der Waals surface area contributed by atoms with Crippen LogP contribution >= 0.6 is 0 Å². The standard InChI is InChI=1S/C51H83NO14/c1-12-34-22-30(2)23-36(16-15-20-50(8,60)49(6,7)29-53)40(56)28-39(55)33(5)44(31(3)24-35-18-19-38(54)41(27-35)62-9)65-48(59)37-17-13-14-21-52(37)47(58)46(57)51(61)32(4)25-42(63-10)45(66-51)43(26-34)64-11/h15,20,23-24,32-39,41-45,53-55,60-61H,12-14,16-19,21-22,25-29H2,1-11H3/b20-15+,30-23+,31-24+/t32-,33-,34+,35+,36-,37+,38-,39+,41-,42+,43+,44-,45+,50?,51-/m1/s1. The zero-order valence-electron chi connectivity index (χ0n) is 41.6. The topological polar surface area (TPSA) is 219 Å². The maximum absolute atomic E-state index is 14.5. The molecule has 5 N–H and O–H groups in total. The molecule has 15 heteroatoms. The highest BCUT2D eigenvalue weighted by Crippen LogP contribution is 2.40. The number of ether oxygens (including phenoxy) is 5. The molecule has 0 aromatic heterocycles. The van der Waals surface area contributed by atoms with Crippen LogP contribution in [0.3, 0.4) is 0 Å². The second kappa shape index (κ2) is 24.1. The van der Waals surface area contributed by atoms with Gasteiger partial charge in [-0.15, -0.1) is 0 Å². The van der Waals surface area contributed by atoms with Gasteiger partial charge in [0, 0.05) is 57.5 Å². The number of allylic oxidation sites excluding steroid dienone is 4. The molecule has 376 valence electrons. The molecule has 1 saturated carbocycles. The van der Waals surface area contributed by atoms with E-state index in [1.54, 1.807) is 60.8 Å². The van der Waals surface area contributed by atoms with Gasteiger partial charge in [0.05, 0.1) is 42.7 Å². The zero-order chi connectivity index (χ0) is 49.3. The lowest BCUT2D eigenvalue weighted by molar-refractivity contribution is -0.302. The molecule has 4 aliphatic rings. The van der Waals surface area contributed by atoms with E-state index >= 15 is 0 Å². The zero-order valence-corrected chi connectivity index (χ0v) is 41.6. The number of fused-ring (bicyclic) bond motifs is 3. The summed E-state index contributed by atoms with van der Waals surface area (Å²) in [6.45, 7) is 14.0. The van der Waals surface area contributed by atoms with Gasteiger partial charge in [0.15, 0.2) is 0 Å². The number of cyclic esters (lactones) is 1. The molecule has 15 nitrogen and oxygen atoms in total. The molecule has 3 heterocycles. The number of aliphatic hydroxyl groups excluding tert-OH is 3. The number of rotatable bonds is 11. The number of nitrogens with zero attached hydrogens (tertiary/aromatic N) is 1. The van der Waals surface area contributed by atoms with Crippen LogP contribution in [-0.2, 0) is 42.9 Å². The Bertz CT molecular complexity index is 1740. The van der Waals surface area contributed by atoms with Crippen molar-refractivity contribution in [3.8, 4) is 0 Å². The number of Topliss-reactive ketones (excluding diaryl/α,β-unsaturated/α-hetero) is 2. The molecular weight excluding hydrogens is 851 g/mol. The van der Waals surface area contributed by atoms with Gasteiger partial charge in [0.25, 0.3) is 11.7 Å². The normalized spacial score (nSPS) is 38.5. The maximum Gasteiger partial charge on any atom is 0.329 e. The summed E-state index contributed by atoms with van der Waals surface area (Å²) in [5.74, 6) is -8.35. The number of hydrogen-bond donors (Lipinski definition) is 5. The van der Waals surface area contributed by atoms with Gasteiger partial charge in [0.1, 0.15) is 24.0 Å². The van der Waals surface area contributed by atoms with Gasteiger partial charge < -0.3 is 54.1 Å². The fourth-order valence-electron chi connectivity index (χ4n) is 10.2. The van der Waals surface area contributed by atoms with E-state index < -0.39 is 101 Å². The summed E-state index contributed by atoms with van der Waals surface area (Å²) in [7, 11) is 4.59. The van der Waals surface area contributed by atoms with Crippen molar-refractivity contribution in [3.63, 3.8) is 0 Å². The van der Waals surface area contributed by atoms with E-state index in [0.717, 1.165) is 5.57 Å². The predicted molar refractivity (Wildman–Crippen MR) is 248 cm³/mol. The van der Waals surface area contributed by atoms with Gasteiger partial charge in [-0.1, -0.05) is 70.9 Å². The summed E-state index contributed by atoms with van der Waals surface area (Å²) in [5.41, 5.74) is -0.770. The van der Waals surface area contributed by atoms with Crippen molar-refractivity contribution in [3.05, 3.63) is 35.5 Å². The molecule has 1 amide bonds. The third-order valence-corrected chi connectivity index (χ3v) is 15.5. The lowest BCUT2D eigenvalue weighted by Crippen LogP contribution is -2.64. The van der Waals surface area contributed by atoms with Crippen molar-refractivity contribution in [2.75, 3.05) is 34.5 Å². The van der Waals surface area contributed by atoms with Crippen molar-refractivity contribution in [1.29, 1.82) is 0 Å². The molecule has 4 rings (SSSR count). The number of methoxy groups -OCH3 is 3. The van der Waals surface area contributed by atoms with Gasteiger partial charge in [0.2, 0.25) is 5.79 Å². The second-order valence-electron chi connectivity index (χ2n) is 20.7. The number of amides is 1. The van der Waals surface area contributed by atoms with Crippen LogP contribution in [-0.4, -0.2) is 149 Å². The molecular formula is C51H83NO14. The Kier molecular flexibility index (Phi) is 20.4. The molecule has 2 saturated heterocycles. The first-order chi connectivity index (χ1) is 31.0. The molecule has 3 fully saturated rings. The fourth-order valence-corrected chi connectivity index (χ4v) is 10.2. The van der Waals surface area contributed by atoms with E-state index in [2.05, 4.69) is 0 Å². The highest BCUT2D eigenvalue weighted by atomic mass is 16.7. The molecule has 2 bridgehead atoms. The van der Waals surface area contributed by atoms with E-state index in [1.165, 1.54) is 19.1 Å². The van der Waals surface area contributed by atoms with Crippen LogP contribution in [0.4, 0.5) is 0 Å². The molecule has 0 spiro atoms. The van der Waals surface area contributed by atoms with Gasteiger partial charge >= 0.3 is 5.97 Å². The van der Waals surface area contributed by atoms with E-state index in [4.69, 9.17) is 23.7 Å². The first-order valence-corrected chi connectivity index (χ1v) is 24.3. The van der Waals surface area contributed by atoms with Crippen molar-refractivity contribution < 1.29 is 68.4 Å². The average Bonchev–Trinajstić information content (AvgIpc) is 3.29. The van der Waals surface area contributed by atoms with Crippen molar-refractivity contribution in [1.82, 2.24) is 4.90 Å². The molecule has 1 aliphatic carbocycles. The Morgan fingerprint density at radius 1 is 0.924 bits per heavy atom. The SMILES string of the molecule is CC[C@H]1C/C(C)=C/[C@@H](C/C=C/C(C)(O)C(C)(C)CO)C(=O)C[C@H](O)[C@@H](C)[C@@H](/C(C)=C/[C@@H]2CC[C@@H](O)[C@H](OC)C2)OC(=O)[C@@H]2CCCCN2C(=O)C(=O)[C@]2(O)O[C@H]([C@@H](OC)C1)[C@@H](OC)C[C@H]2C. The minimum atomic E-state index is -2.55. The van der Waals surface area contributed by atoms with Gasteiger partial charge in [-0.2, -0.15) is 0 Å². The minimum absolute atomic E-state index is 0.0198. The predicted octanol–water partition coefficient (Wildman–Crippen LogP) is 5.17. The van der Waals surface area contributed by atoms with Gasteiger partial charge in [-0.25, -0.2) is 4.79 Å². The van der Waals surface area contributed by atoms with Crippen LogP contribution in [0.25, 0.3) is 0 Å². The van der Waals surface area contributed by atoms with Gasteiger partial charge in [-0.3, -0.25) is 14.4 Å². The summed E-state index contributed by atoms with van der Waals surface area (Å²) >= 11 is 0. The summed E-state index contributed by atoms with van der Waals surface area (Å²) in [6.07, 6.45) is 6.27. The number of esters is 1. The lowest BCUT2D eigenvalue weighted by atomic mass is 9.76. The Balaban J connectivity index is 1.84. The fraction of sp³-hybridized carbons (Fsp3) is 0.804.